The molecule has 0 spiro atoms. The first-order valence-electron chi connectivity index (χ1n) is 6.53. The summed E-state index contributed by atoms with van der Waals surface area (Å²) in [6, 6.07) is 12.5. The highest BCUT2D eigenvalue weighted by molar-refractivity contribution is 7.10. The third-order valence-electron chi connectivity index (χ3n) is 3.43. The van der Waals surface area contributed by atoms with E-state index < -0.39 is 0 Å². The predicted octanol–water partition coefficient (Wildman–Crippen LogP) is 3.21. The molecule has 2 aromatic heterocycles. The van der Waals surface area contributed by atoms with Crippen molar-refractivity contribution in [3.8, 4) is 0 Å². The summed E-state index contributed by atoms with van der Waals surface area (Å²) < 4.78 is 2.27. The maximum absolute atomic E-state index is 5.99. The molecule has 0 radical (unpaired) electrons. The van der Waals surface area contributed by atoms with Crippen molar-refractivity contribution >= 4 is 22.4 Å². The van der Waals surface area contributed by atoms with Crippen LogP contribution in [0.1, 0.15) is 23.5 Å². The van der Waals surface area contributed by atoms with Crippen molar-refractivity contribution in [3.05, 3.63) is 52.5 Å². The summed E-state index contributed by atoms with van der Waals surface area (Å²) in [5.74, 6) is 1.26. The van der Waals surface area contributed by atoms with Crippen LogP contribution in [0.25, 0.3) is 11.0 Å². The summed E-state index contributed by atoms with van der Waals surface area (Å²) in [6.07, 6.45) is 0. The third kappa shape index (κ3) is 2.07. The zero-order valence-electron chi connectivity index (χ0n) is 10.9. The number of aryl methyl sites for hydroxylation is 1. The molecule has 98 valence electrons. The van der Waals surface area contributed by atoms with Crippen LogP contribution in [0.2, 0.25) is 0 Å². The number of imidazole rings is 1. The molecule has 0 aliphatic heterocycles. The molecule has 1 atom stereocenters. The van der Waals surface area contributed by atoms with E-state index in [0.717, 1.165) is 17.9 Å². The topological polar surface area (TPSA) is 43.8 Å². The Labute approximate surface area is 116 Å². The molecule has 1 unspecified atom stereocenters. The van der Waals surface area contributed by atoms with Crippen LogP contribution in [0.4, 0.5) is 0 Å². The molecular formula is C15H17N3S. The lowest BCUT2D eigenvalue weighted by molar-refractivity contribution is 0.666. The van der Waals surface area contributed by atoms with Crippen molar-refractivity contribution in [3.63, 3.8) is 0 Å². The standard InChI is InChI=1S/C15H17N3S/c1-2-18-13-7-4-3-6-12(13)17-15(18)11(10-16)14-8-5-9-19-14/h3-9,11H,2,10,16H2,1H3. The summed E-state index contributed by atoms with van der Waals surface area (Å²) in [5.41, 5.74) is 8.23. The Kier molecular flexibility index (Phi) is 3.36. The SMILES string of the molecule is CCn1c(C(CN)c2cccs2)nc2ccccc21. The first-order valence-corrected chi connectivity index (χ1v) is 7.41. The zero-order chi connectivity index (χ0) is 13.2. The fraction of sp³-hybridized carbons (Fsp3) is 0.267. The molecule has 2 heterocycles. The van der Waals surface area contributed by atoms with Crippen LogP contribution in [0.5, 0.6) is 0 Å². The summed E-state index contributed by atoms with van der Waals surface area (Å²) in [5, 5.41) is 2.09. The minimum Gasteiger partial charge on any atom is -0.329 e. The van der Waals surface area contributed by atoms with E-state index in [0.29, 0.717) is 6.54 Å². The van der Waals surface area contributed by atoms with Crippen molar-refractivity contribution in [1.82, 2.24) is 9.55 Å². The summed E-state index contributed by atoms with van der Waals surface area (Å²) in [6.45, 7) is 3.65. The number of rotatable bonds is 4. The molecule has 1 aromatic carbocycles. The second-order valence-electron chi connectivity index (χ2n) is 4.51. The fourth-order valence-electron chi connectivity index (χ4n) is 2.53. The smallest absolute Gasteiger partial charge is 0.119 e. The van der Waals surface area contributed by atoms with Crippen LogP contribution < -0.4 is 5.73 Å². The molecule has 0 bridgehead atoms. The average molecular weight is 271 g/mol. The Morgan fingerprint density at radius 2 is 2.11 bits per heavy atom. The van der Waals surface area contributed by atoms with Gasteiger partial charge in [-0.15, -0.1) is 11.3 Å². The van der Waals surface area contributed by atoms with Gasteiger partial charge in [0.1, 0.15) is 5.82 Å². The maximum atomic E-state index is 5.99. The Bertz CT molecular complexity index is 670. The van der Waals surface area contributed by atoms with Gasteiger partial charge in [-0.1, -0.05) is 18.2 Å². The number of nitrogens with zero attached hydrogens (tertiary/aromatic N) is 2. The normalized spacial score (nSPS) is 12.9. The molecule has 3 aromatic rings. The molecule has 0 saturated carbocycles. The highest BCUT2D eigenvalue weighted by Crippen LogP contribution is 2.29. The van der Waals surface area contributed by atoms with Gasteiger partial charge in [0.15, 0.2) is 0 Å². The van der Waals surface area contributed by atoms with Crippen LogP contribution in [0.3, 0.4) is 0 Å². The van der Waals surface area contributed by atoms with Crippen LogP contribution in [-0.2, 0) is 6.54 Å². The summed E-state index contributed by atoms with van der Waals surface area (Å²) >= 11 is 1.75. The molecule has 4 heteroatoms. The van der Waals surface area contributed by atoms with Crippen LogP contribution in [0, 0.1) is 0 Å². The number of aromatic nitrogens is 2. The Morgan fingerprint density at radius 3 is 2.79 bits per heavy atom. The zero-order valence-corrected chi connectivity index (χ0v) is 11.7. The molecule has 3 rings (SSSR count). The lowest BCUT2D eigenvalue weighted by atomic mass is 10.1. The molecule has 2 N–H and O–H groups in total. The second kappa shape index (κ2) is 5.15. The molecule has 0 aliphatic rings. The lowest BCUT2D eigenvalue weighted by Gasteiger charge is -2.14. The highest BCUT2D eigenvalue weighted by Gasteiger charge is 2.20. The largest absolute Gasteiger partial charge is 0.329 e. The summed E-state index contributed by atoms with van der Waals surface area (Å²) in [7, 11) is 0. The average Bonchev–Trinajstić information content (AvgIpc) is 3.07. The van der Waals surface area contributed by atoms with E-state index in [2.05, 4.69) is 47.2 Å². The molecule has 0 fully saturated rings. The number of thiophene rings is 1. The van der Waals surface area contributed by atoms with E-state index in [1.165, 1.54) is 10.4 Å². The van der Waals surface area contributed by atoms with E-state index >= 15 is 0 Å². The van der Waals surface area contributed by atoms with Gasteiger partial charge in [-0.2, -0.15) is 0 Å². The first kappa shape index (κ1) is 12.4. The van der Waals surface area contributed by atoms with Gasteiger partial charge in [-0.05, 0) is 30.5 Å². The van der Waals surface area contributed by atoms with Crippen molar-refractivity contribution in [2.24, 2.45) is 5.73 Å². The Hall–Kier alpha value is -1.65. The van der Waals surface area contributed by atoms with Gasteiger partial charge in [0.2, 0.25) is 0 Å². The lowest BCUT2D eigenvalue weighted by Crippen LogP contribution is -2.17. The first-order chi connectivity index (χ1) is 9.35. The third-order valence-corrected chi connectivity index (χ3v) is 4.42. The highest BCUT2D eigenvalue weighted by atomic mass is 32.1. The minimum atomic E-state index is 0.187. The van der Waals surface area contributed by atoms with E-state index in [1.807, 2.05) is 6.07 Å². The van der Waals surface area contributed by atoms with Crippen molar-refractivity contribution in [1.29, 1.82) is 0 Å². The van der Waals surface area contributed by atoms with E-state index in [9.17, 15) is 0 Å². The second-order valence-corrected chi connectivity index (χ2v) is 5.49. The van der Waals surface area contributed by atoms with Crippen LogP contribution in [0.15, 0.2) is 41.8 Å². The minimum absolute atomic E-state index is 0.187. The number of benzene rings is 1. The molecule has 0 aliphatic carbocycles. The predicted molar refractivity (Wildman–Crippen MR) is 80.6 cm³/mol. The number of hydrogen-bond donors (Lipinski definition) is 1. The van der Waals surface area contributed by atoms with E-state index in [4.69, 9.17) is 10.7 Å². The maximum Gasteiger partial charge on any atom is 0.119 e. The molecule has 19 heavy (non-hydrogen) atoms. The van der Waals surface area contributed by atoms with Gasteiger partial charge < -0.3 is 10.3 Å². The number of para-hydroxylation sites is 2. The van der Waals surface area contributed by atoms with Crippen molar-refractivity contribution in [2.75, 3.05) is 6.54 Å². The summed E-state index contributed by atoms with van der Waals surface area (Å²) in [4.78, 5) is 6.09. The van der Waals surface area contributed by atoms with Crippen molar-refractivity contribution in [2.45, 2.75) is 19.4 Å². The number of nitrogens with two attached hydrogens (primary N) is 1. The van der Waals surface area contributed by atoms with Crippen LogP contribution >= 0.6 is 11.3 Å². The van der Waals surface area contributed by atoms with E-state index in [1.54, 1.807) is 11.3 Å². The van der Waals surface area contributed by atoms with Gasteiger partial charge >= 0.3 is 0 Å². The number of hydrogen-bond acceptors (Lipinski definition) is 3. The van der Waals surface area contributed by atoms with Crippen molar-refractivity contribution < 1.29 is 0 Å². The molecular weight excluding hydrogens is 254 g/mol. The molecule has 3 nitrogen and oxygen atoms in total. The quantitative estimate of drug-likeness (QED) is 0.792. The molecule has 0 saturated heterocycles. The Balaban J connectivity index is 2.18. The Morgan fingerprint density at radius 1 is 1.26 bits per heavy atom. The fourth-order valence-corrected chi connectivity index (χ4v) is 3.37. The van der Waals surface area contributed by atoms with Gasteiger partial charge in [0, 0.05) is 18.0 Å². The van der Waals surface area contributed by atoms with Crippen LogP contribution in [-0.4, -0.2) is 16.1 Å². The molecule has 0 amide bonds. The van der Waals surface area contributed by atoms with Gasteiger partial charge in [0.25, 0.3) is 0 Å². The number of fused-ring (bicyclic) bond motifs is 1. The van der Waals surface area contributed by atoms with Gasteiger partial charge in [-0.3, -0.25) is 0 Å². The van der Waals surface area contributed by atoms with Gasteiger partial charge in [0.05, 0.1) is 17.0 Å². The van der Waals surface area contributed by atoms with Gasteiger partial charge in [-0.25, -0.2) is 4.98 Å². The monoisotopic (exact) mass is 271 g/mol. The van der Waals surface area contributed by atoms with E-state index in [-0.39, 0.29) is 5.92 Å².